The molecule has 22 heavy (non-hydrogen) atoms. The molecular weight excluding hydrogens is 274 g/mol. The number of carbonyl (C=O) groups is 2. The van der Waals surface area contributed by atoms with Gasteiger partial charge in [0, 0.05) is 12.2 Å². The summed E-state index contributed by atoms with van der Waals surface area (Å²) < 4.78 is 0. The molecule has 0 saturated heterocycles. The number of hydrogen-bond acceptors (Lipinski definition) is 2. The first-order chi connectivity index (χ1) is 10.6. The van der Waals surface area contributed by atoms with Crippen molar-refractivity contribution in [3.63, 3.8) is 0 Å². The summed E-state index contributed by atoms with van der Waals surface area (Å²) in [7, 11) is 0. The van der Waals surface area contributed by atoms with Crippen LogP contribution in [0.2, 0.25) is 0 Å². The average Bonchev–Trinajstić information content (AvgIpc) is 2.99. The van der Waals surface area contributed by atoms with Crippen LogP contribution in [0.3, 0.4) is 0 Å². The lowest BCUT2D eigenvalue weighted by atomic mass is 9.74. The molecule has 1 heterocycles. The molecule has 0 spiro atoms. The number of fused-ring (bicyclic) bond motifs is 1. The van der Waals surface area contributed by atoms with Gasteiger partial charge in [-0.05, 0) is 35.8 Å². The van der Waals surface area contributed by atoms with Crippen molar-refractivity contribution >= 4 is 11.8 Å². The van der Waals surface area contributed by atoms with Crippen LogP contribution in [0, 0.1) is 0 Å². The van der Waals surface area contributed by atoms with Crippen LogP contribution in [-0.4, -0.2) is 16.7 Å². The highest BCUT2D eigenvalue weighted by Crippen LogP contribution is 2.52. The maximum atomic E-state index is 12.1. The zero-order valence-electron chi connectivity index (χ0n) is 13.3. The van der Waals surface area contributed by atoms with Gasteiger partial charge in [0.2, 0.25) is 0 Å². The second kappa shape index (κ2) is 5.71. The van der Waals surface area contributed by atoms with Gasteiger partial charge in [0.15, 0.2) is 0 Å². The van der Waals surface area contributed by atoms with Gasteiger partial charge in [-0.1, -0.05) is 51.0 Å². The third-order valence-corrected chi connectivity index (χ3v) is 5.09. The van der Waals surface area contributed by atoms with Crippen LogP contribution in [-0.2, 0) is 15.0 Å². The van der Waals surface area contributed by atoms with Crippen molar-refractivity contribution in [2.75, 3.05) is 0 Å². The highest BCUT2D eigenvalue weighted by molar-refractivity contribution is 6.13. The van der Waals surface area contributed by atoms with Crippen LogP contribution in [0.15, 0.2) is 36.4 Å². The average molecular weight is 297 g/mol. The molecule has 1 atom stereocenters. The lowest BCUT2D eigenvalue weighted by molar-refractivity contribution is -0.139. The van der Waals surface area contributed by atoms with Gasteiger partial charge >= 0.3 is 0 Å². The van der Waals surface area contributed by atoms with E-state index in [1.165, 1.54) is 22.6 Å². The number of hydrogen-bond donors (Lipinski definition) is 0. The third-order valence-electron chi connectivity index (χ3n) is 5.09. The Hall–Kier alpha value is -1.90. The Morgan fingerprint density at radius 2 is 1.64 bits per heavy atom. The van der Waals surface area contributed by atoms with Crippen LogP contribution in [0.4, 0.5) is 0 Å². The minimum absolute atomic E-state index is 0.105. The fourth-order valence-electron chi connectivity index (χ4n) is 4.37. The first-order valence-electron chi connectivity index (χ1n) is 8.27. The number of amides is 2. The van der Waals surface area contributed by atoms with E-state index in [1.807, 2.05) is 6.07 Å². The first-order valence-corrected chi connectivity index (χ1v) is 8.27. The second-order valence-electron chi connectivity index (χ2n) is 6.47. The molecule has 3 heteroatoms. The lowest BCUT2D eigenvalue weighted by Gasteiger charge is -2.31. The SMILES string of the molecule is CCCC1(CCC)C[C@H](N2C(=O)C=CC2=O)c2ccccc21. The van der Waals surface area contributed by atoms with Crippen LogP contribution in [0.25, 0.3) is 0 Å². The molecule has 3 nitrogen and oxygen atoms in total. The van der Waals surface area contributed by atoms with Gasteiger partial charge in [0.1, 0.15) is 0 Å². The number of benzene rings is 1. The van der Waals surface area contributed by atoms with Crippen molar-refractivity contribution in [1.82, 2.24) is 4.90 Å². The highest BCUT2D eigenvalue weighted by Gasteiger charge is 2.47. The van der Waals surface area contributed by atoms with Gasteiger partial charge in [0.05, 0.1) is 6.04 Å². The molecule has 1 aliphatic heterocycles. The molecule has 1 aliphatic carbocycles. The van der Waals surface area contributed by atoms with Crippen molar-refractivity contribution in [2.24, 2.45) is 0 Å². The molecule has 0 unspecified atom stereocenters. The Balaban J connectivity index is 2.05. The molecule has 3 rings (SSSR count). The van der Waals surface area contributed by atoms with E-state index in [0.717, 1.165) is 37.7 Å². The number of nitrogens with zero attached hydrogens (tertiary/aromatic N) is 1. The summed E-state index contributed by atoms with van der Waals surface area (Å²) in [6.07, 6.45) is 8.10. The Bertz CT molecular complexity index is 608. The molecule has 2 aliphatic rings. The topological polar surface area (TPSA) is 37.4 Å². The normalized spacial score (nSPS) is 22.5. The second-order valence-corrected chi connectivity index (χ2v) is 6.47. The van der Waals surface area contributed by atoms with Crippen molar-refractivity contribution in [2.45, 2.75) is 57.4 Å². The van der Waals surface area contributed by atoms with Crippen LogP contribution < -0.4 is 0 Å². The predicted molar refractivity (Wildman–Crippen MR) is 86.3 cm³/mol. The number of imide groups is 1. The van der Waals surface area contributed by atoms with Crippen molar-refractivity contribution in [3.05, 3.63) is 47.5 Å². The predicted octanol–water partition coefficient (Wildman–Crippen LogP) is 3.89. The summed E-state index contributed by atoms with van der Waals surface area (Å²) in [6.45, 7) is 4.42. The molecular formula is C19H23NO2. The van der Waals surface area contributed by atoms with Gasteiger partial charge in [-0.2, -0.15) is 0 Å². The van der Waals surface area contributed by atoms with Crippen molar-refractivity contribution in [1.29, 1.82) is 0 Å². The molecule has 0 bridgehead atoms. The van der Waals surface area contributed by atoms with Crippen molar-refractivity contribution in [3.8, 4) is 0 Å². The van der Waals surface area contributed by atoms with E-state index in [9.17, 15) is 9.59 Å². The van der Waals surface area contributed by atoms with E-state index in [4.69, 9.17) is 0 Å². The van der Waals surface area contributed by atoms with Gasteiger partial charge < -0.3 is 0 Å². The summed E-state index contributed by atoms with van der Waals surface area (Å²) >= 11 is 0. The Labute approximate surface area is 132 Å². The molecule has 116 valence electrons. The quantitative estimate of drug-likeness (QED) is 0.773. The summed E-state index contributed by atoms with van der Waals surface area (Å²) in [6, 6.07) is 8.26. The van der Waals surface area contributed by atoms with Crippen LogP contribution in [0.5, 0.6) is 0 Å². The van der Waals surface area contributed by atoms with E-state index >= 15 is 0 Å². The van der Waals surface area contributed by atoms with E-state index in [2.05, 4.69) is 32.0 Å². The zero-order chi connectivity index (χ0) is 15.7. The molecule has 0 radical (unpaired) electrons. The molecule has 1 aromatic rings. The third kappa shape index (κ3) is 2.20. The highest BCUT2D eigenvalue weighted by atomic mass is 16.2. The van der Waals surface area contributed by atoms with E-state index in [-0.39, 0.29) is 23.3 Å². The van der Waals surface area contributed by atoms with Gasteiger partial charge in [0.25, 0.3) is 11.8 Å². The van der Waals surface area contributed by atoms with Crippen LogP contribution >= 0.6 is 0 Å². The number of carbonyl (C=O) groups excluding carboxylic acids is 2. The largest absolute Gasteiger partial charge is 0.269 e. The molecule has 2 amide bonds. The monoisotopic (exact) mass is 297 g/mol. The lowest BCUT2D eigenvalue weighted by Crippen LogP contribution is -2.34. The minimum atomic E-state index is -0.173. The molecule has 1 aromatic carbocycles. The summed E-state index contributed by atoms with van der Waals surface area (Å²) in [5.74, 6) is -0.345. The van der Waals surface area contributed by atoms with Gasteiger partial charge in [-0.15, -0.1) is 0 Å². The van der Waals surface area contributed by atoms with Gasteiger partial charge in [-0.25, -0.2) is 0 Å². The molecule has 0 N–H and O–H groups in total. The van der Waals surface area contributed by atoms with E-state index in [1.54, 1.807) is 0 Å². The number of rotatable bonds is 5. The summed E-state index contributed by atoms with van der Waals surface area (Å²) in [4.78, 5) is 25.7. The Morgan fingerprint density at radius 1 is 1.05 bits per heavy atom. The molecule has 0 aromatic heterocycles. The Morgan fingerprint density at radius 3 is 2.23 bits per heavy atom. The maximum absolute atomic E-state index is 12.1. The van der Waals surface area contributed by atoms with Crippen LogP contribution in [0.1, 0.15) is 63.1 Å². The molecule has 0 saturated carbocycles. The fourth-order valence-corrected chi connectivity index (χ4v) is 4.37. The summed E-state index contributed by atoms with van der Waals surface area (Å²) in [5, 5.41) is 0. The standard InChI is InChI=1S/C19H23NO2/c1-3-11-19(12-4-2)13-16(14-7-5-6-8-15(14)19)20-17(21)9-10-18(20)22/h5-10,16H,3-4,11-13H2,1-2H3/t16-/m0/s1. The maximum Gasteiger partial charge on any atom is 0.254 e. The minimum Gasteiger partial charge on any atom is -0.269 e. The fraction of sp³-hybridized carbons (Fsp3) is 0.474. The zero-order valence-corrected chi connectivity index (χ0v) is 13.3. The first kappa shape index (κ1) is 15.0. The van der Waals surface area contributed by atoms with E-state index < -0.39 is 0 Å². The van der Waals surface area contributed by atoms with E-state index in [0.29, 0.717) is 0 Å². The van der Waals surface area contributed by atoms with Gasteiger partial charge in [-0.3, -0.25) is 14.5 Å². The van der Waals surface area contributed by atoms with Crippen molar-refractivity contribution < 1.29 is 9.59 Å². The summed E-state index contributed by atoms with van der Waals surface area (Å²) in [5.41, 5.74) is 2.61. The smallest absolute Gasteiger partial charge is 0.254 e. The molecule has 0 fully saturated rings. The Kier molecular flexibility index (Phi) is 3.90.